The molecule has 0 aromatic heterocycles. The summed E-state index contributed by atoms with van der Waals surface area (Å²) in [5.74, 6) is -0.640. The van der Waals surface area contributed by atoms with Crippen molar-refractivity contribution < 1.29 is 4.79 Å². The molecule has 4 nitrogen and oxygen atoms in total. The minimum atomic E-state index is -0.640. The zero-order valence-corrected chi connectivity index (χ0v) is 14.9. The molecule has 2 N–H and O–H groups in total. The van der Waals surface area contributed by atoms with Crippen molar-refractivity contribution in [1.82, 2.24) is 0 Å². The van der Waals surface area contributed by atoms with Gasteiger partial charge in [-0.25, -0.2) is 0 Å². The highest BCUT2D eigenvalue weighted by atomic mass is 35.5. The number of halogens is 4. The predicted octanol–water partition coefficient (Wildman–Crippen LogP) is 5.76. The summed E-state index contributed by atoms with van der Waals surface area (Å²) in [6.45, 7) is 0. The third kappa shape index (κ3) is 4.80. The summed E-state index contributed by atoms with van der Waals surface area (Å²) in [5, 5.41) is 16.0. The van der Waals surface area contributed by atoms with E-state index in [0.717, 1.165) is 0 Å². The Morgan fingerprint density at radius 2 is 1.62 bits per heavy atom. The first-order chi connectivity index (χ1) is 11.4. The number of anilines is 2. The van der Waals surface area contributed by atoms with Crippen molar-refractivity contribution in [2.24, 2.45) is 0 Å². The van der Waals surface area contributed by atoms with Gasteiger partial charge in [0.2, 0.25) is 0 Å². The van der Waals surface area contributed by atoms with E-state index in [2.05, 4.69) is 10.6 Å². The zero-order valence-electron chi connectivity index (χ0n) is 11.9. The van der Waals surface area contributed by atoms with Crippen LogP contribution in [0.25, 0.3) is 0 Å². The lowest BCUT2D eigenvalue weighted by Gasteiger charge is -2.08. The van der Waals surface area contributed by atoms with E-state index in [0.29, 0.717) is 31.5 Å². The van der Waals surface area contributed by atoms with Crippen LogP contribution in [0.15, 0.2) is 48.2 Å². The Morgan fingerprint density at radius 3 is 2.29 bits per heavy atom. The highest BCUT2D eigenvalue weighted by Crippen LogP contribution is 2.27. The van der Waals surface area contributed by atoms with Gasteiger partial charge in [-0.2, -0.15) is 5.26 Å². The zero-order chi connectivity index (χ0) is 17.7. The van der Waals surface area contributed by atoms with Crippen LogP contribution >= 0.6 is 46.4 Å². The predicted molar refractivity (Wildman–Crippen MR) is 98.9 cm³/mol. The molecule has 0 radical (unpaired) electrons. The molecule has 0 aliphatic rings. The van der Waals surface area contributed by atoms with Crippen LogP contribution in [0.4, 0.5) is 11.4 Å². The Labute approximate surface area is 158 Å². The molecule has 0 bridgehead atoms. The molecule has 0 spiro atoms. The van der Waals surface area contributed by atoms with Gasteiger partial charge in [0.05, 0.1) is 21.4 Å². The molecule has 0 aliphatic heterocycles. The van der Waals surface area contributed by atoms with Crippen LogP contribution in [-0.4, -0.2) is 5.91 Å². The molecular formula is C16H9Cl4N3O. The van der Waals surface area contributed by atoms with Gasteiger partial charge in [0, 0.05) is 16.2 Å². The van der Waals surface area contributed by atoms with Crippen LogP contribution in [0.5, 0.6) is 0 Å². The molecule has 0 saturated carbocycles. The van der Waals surface area contributed by atoms with Crippen molar-refractivity contribution in [2.45, 2.75) is 0 Å². The number of hydrogen-bond acceptors (Lipinski definition) is 3. The largest absolute Gasteiger partial charge is 0.359 e. The van der Waals surface area contributed by atoms with Crippen LogP contribution in [0.2, 0.25) is 20.1 Å². The second-order valence-corrected chi connectivity index (χ2v) is 6.20. The SMILES string of the molecule is N#C/C(=C/Nc1ccc(Cl)cc1Cl)C(=O)Nc1cc(Cl)ccc1Cl. The second-order valence-electron chi connectivity index (χ2n) is 4.52. The van der Waals surface area contributed by atoms with Crippen molar-refractivity contribution in [3.05, 3.63) is 68.3 Å². The van der Waals surface area contributed by atoms with Crippen molar-refractivity contribution in [2.75, 3.05) is 10.6 Å². The van der Waals surface area contributed by atoms with Gasteiger partial charge < -0.3 is 10.6 Å². The number of carbonyl (C=O) groups excluding carboxylic acids is 1. The highest BCUT2D eigenvalue weighted by Gasteiger charge is 2.12. The molecule has 2 aromatic rings. The third-order valence-corrected chi connectivity index (χ3v) is 3.96. The summed E-state index contributed by atoms with van der Waals surface area (Å²) in [7, 11) is 0. The molecule has 1 amide bonds. The van der Waals surface area contributed by atoms with Crippen molar-refractivity contribution in [1.29, 1.82) is 5.26 Å². The van der Waals surface area contributed by atoms with E-state index in [1.807, 2.05) is 0 Å². The first-order valence-corrected chi connectivity index (χ1v) is 8.00. The first-order valence-electron chi connectivity index (χ1n) is 6.49. The molecule has 24 heavy (non-hydrogen) atoms. The van der Waals surface area contributed by atoms with Crippen LogP contribution in [0, 0.1) is 11.3 Å². The average Bonchev–Trinajstić information content (AvgIpc) is 2.53. The normalized spacial score (nSPS) is 10.9. The van der Waals surface area contributed by atoms with Gasteiger partial charge in [-0.05, 0) is 36.4 Å². The highest BCUT2D eigenvalue weighted by molar-refractivity contribution is 6.36. The number of amides is 1. The fourth-order valence-corrected chi connectivity index (χ4v) is 2.49. The molecule has 0 aliphatic carbocycles. The number of nitrogens with one attached hydrogen (secondary N) is 2. The van der Waals surface area contributed by atoms with Gasteiger partial charge in [0.25, 0.3) is 5.91 Å². The van der Waals surface area contributed by atoms with Crippen LogP contribution in [0.3, 0.4) is 0 Å². The number of benzene rings is 2. The first kappa shape index (κ1) is 18.4. The van der Waals surface area contributed by atoms with Crippen LogP contribution in [-0.2, 0) is 4.79 Å². The number of rotatable bonds is 4. The monoisotopic (exact) mass is 399 g/mol. The Bertz CT molecular complexity index is 859. The van der Waals surface area contributed by atoms with Crippen molar-refractivity contribution >= 4 is 63.7 Å². The second kappa shape index (κ2) is 8.27. The molecule has 8 heteroatoms. The minimum Gasteiger partial charge on any atom is -0.359 e. The average molecular weight is 401 g/mol. The summed E-state index contributed by atoms with van der Waals surface area (Å²) in [4.78, 5) is 12.2. The van der Waals surface area contributed by atoms with E-state index in [1.165, 1.54) is 18.3 Å². The van der Waals surface area contributed by atoms with E-state index in [1.54, 1.807) is 30.3 Å². The maximum absolute atomic E-state index is 12.2. The van der Waals surface area contributed by atoms with Gasteiger partial charge in [-0.1, -0.05) is 46.4 Å². The van der Waals surface area contributed by atoms with Gasteiger partial charge in [-0.15, -0.1) is 0 Å². The van der Waals surface area contributed by atoms with E-state index < -0.39 is 5.91 Å². The molecule has 0 fully saturated rings. The number of nitrogens with zero attached hydrogens (tertiary/aromatic N) is 1. The molecule has 122 valence electrons. The quantitative estimate of drug-likeness (QED) is 0.506. The summed E-state index contributed by atoms with van der Waals surface area (Å²) in [6, 6.07) is 11.2. The summed E-state index contributed by atoms with van der Waals surface area (Å²) in [5.41, 5.74) is 0.638. The lowest BCUT2D eigenvalue weighted by atomic mass is 10.2. The van der Waals surface area contributed by atoms with Crippen molar-refractivity contribution in [3.63, 3.8) is 0 Å². The van der Waals surface area contributed by atoms with Gasteiger partial charge >= 0.3 is 0 Å². The van der Waals surface area contributed by atoms with E-state index >= 15 is 0 Å². The molecule has 2 rings (SSSR count). The van der Waals surface area contributed by atoms with Crippen molar-refractivity contribution in [3.8, 4) is 6.07 Å². The molecule has 2 aromatic carbocycles. The van der Waals surface area contributed by atoms with Crippen LogP contribution < -0.4 is 10.6 Å². The third-order valence-electron chi connectivity index (χ3n) is 2.84. The van der Waals surface area contributed by atoms with Gasteiger partial charge in [-0.3, -0.25) is 4.79 Å². The minimum absolute atomic E-state index is 0.169. The summed E-state index contributed by atoms with van der Waals surface area (Å²) >= 11 is 23.7. The molecule has 0 heterocycles. The van der Waals surface area contributed by atoms with E-state index in [-0.39, 0.29) is 5.57 Å². The number of carbonyl (C=O) groups is 1. The van der Waals surface area contributed by atoms with Crippen LogP contribution in [0.1, 0.15) is 0 Å². The molecule has 0 unspecified atom stereocenters. The molecule has 0 saturated heterocycles. The molecule has 0 atom stereocenters. The van der Waals surface area contributed by atoms with E-state index in [4.69, 9.17) is 51.7 Å². The number of nitriles is 1. The standard InChI is InChI=1S/C16H9Cl4N3O/c17-10-2-4-14(13(20)5-10)22-8-9(7-21)16(24)23-15-6-11(18)1-3-12(15)19/h1-6,8,22H,(H,23,24)/b9-8-. The smallest absolute Gasteiger partial charge is 0.267 e. The molecular weight excluding hydrogens is 392 g/mol. The Hall–Kier alpha value is -1.90. The summed E-state index contributed by atoms with van der Waals surface area (Å²) in [6.07, 6.45) is 1.24. The fourth-order valence-electron chi connectivity index (χ4n) is 1.69. The Balaban J connectivity index is 2.16. The Kier molecular flexibility index (Phi) is 6.36. The maximum Gasteiger partial charge on any atom is 0.267 e. The lowest BCUT2D eigenvalue weighted by molar-refractivity contribution is -0.112. The summed E-state index contributed by atoms with van der Waals surface area (Å²) < 4.78 is 0. The van der Waals surface area contributed by atoms with E-state index in [9.17, 15) is 4.79 Å². The topological polar surface area (TPSA) is 64.9 Å². The lowest BCUT2D eigenvalue weighted by Crippen LogP contribution is -2.15. The van der Waals surface area contributed by atoms with Gasteiger partial charge in [0.1, 0.15) is 11.6 Å². The maximum atomic E-state index is 12.2. The Morgan fingerprint density at radius 1 is 0.958 bits per heavy atom. The van der Waals surface area contributed by atoms with Gasteiger partial charge in [0.15, 0.2) is 0 Å². The fraction of sp³-hybridized carbons (Fsp3) is 0. The number of hydrogen-bond donors (Lipinski definition) is 2.